The quantitative estimate of drug-likeness (QED) is 0.325. The lowest BCUT2D eigenvalue weighted by Crippen LogP contribution is -2.71. The van der Waals surface area contributed by atoms with Gasteiger partial charge in [0, 0.05) is 24.9 Å². The van der Waals surface area contributed by atoms with E-state index < -0.39 is 77.8 Å². The molecule has 2 bridgehead atoms. The van der Waals surface area contributed by atoms with Crippen LogP contribution >= 0.6 is 0 Å². The lowest BCUT2D eigenvalue weighted by molar-refractivity contribution is -0.195. The van der Waals surface area contributed by atoms with E-state index in [0.29, 0.717) is 32.2 Å². The molecular formula is C28H43F2N5O6. The van der Waals surface area contributed by atoms with Crippen LogP contribution in [0.25, 0.3) is 0 Å². The monoisotopic (exact) mass is 583 g/mol. The Bertz CT molecular complexity index is 1050. The second-order valence-electron chi connectivity index (χ2n) is 13.1. The normalized spacial score (nSPS) is 29.0. The SMILES string of the molecule is CC(C)(C)OC(=O)N[C@@H](CC1CCC1)C(=O)N1[C@H]2CC[C@@H]([C@H]1C(=O)N[C@@H](C[C@@H]1CCCNC1=O)C(N)=O)C(F)(F)C2. The van der Waals surface area contributed by atoms with Gasteiger partial charge >= 0.3 is 6.09 Å². The van der Waals surface area contributed by atoms with Gasteiger partial charge in [-0.1, -0.05) is 19.3 Å². The largest absolute Gasteiger partial charge is 0.444 e. The predicted molar refractivity (Wildman–Crippen MR) is 143 cm³/mol. The minimum atomic E-state index is -3.20. The van der Waals surface area contributed by atoms with Gasteiger partial charge in [0.1, 0.15) is 23.7 Å². The van der Waals surface area contributed by atoms with Crippen molar-refractivity contribution < 1.29 is 37.5 Å². The minimum Gasteiger partial charge on any atom is -0.444 e. The maximum atomic E-state index is 15.2. The summed E-state index contributed by atoms with van der Waals surface area (Å²) >= 11 is 0. The summed E-state index contributed by atoms with van der Waals surface area (Å²) in [5.41, 5.74) is 4.74. The van der Waals surface area contributed by atoms with E-state index in [4.69, 9.17) is 10.5 Å². The first-order valence-corrected chi connectivity index (χ1v) is 14.7. The van der Waals surface area contributed by atoms with Gasteiger partial charge in [-0.25, -0.2) is 13.6 Å². The number of alkyl carbamates (subject to hydrolysis) is 1. The topological polar surface area (TPSA) is 160 Å². The van der Waals surface area contributed by atoms with Gasteiger partial charge in [0.15, 0.2) is 0 Å². The molecule has 3 saturated heterocycles. The maximum absolute atomic E-state index is 15.2. The molecule has 5 amide bonds. The van der Waals surface area contributed by atoms with Gasteiger partial charge in [-0.3, -0.25) is 19.2 Å². The first-order valence-electron chi connectivity index (χ1n) is 14.7. The van der Waals surface area contributed by atoms with Crippen molar-refractivity contribution in [2.24, 2.45) is 23.5 Å². The Morgan fingerprint density at radius 2 is 1.76 bits per heavy atom. The number of amides is 5. The van der Waals surface area contributed by atoms with Crippen LogP contribution in [0.1, 0.15) is 85.0 Å². The van der Waals surface area contributed by atoms with Crippen LogP contribution in [0.3, 0.4) is 0 Å². The van der Waals surface area contributed by atoms with E-state index in [1.54, 1.807) is 20.8 Å². The molecule has 0 unspecified atom stereocenters. The number of rotatable bonds is 9. The van der Waals surface area contributed by atoms with Crippen molar-refractivity contribution in [2.75, 3.05) is 6.54 Å². The number of alkyl halides is 2. The van der Waals surface area contributed by atoms with Crippen LogP contribution in [0.4, 0.5) is 13.6 Å². The van der Waals surface area contributed by atoms with E-state index in [9.17, 15) is 24.0 Å². The molecule has 5 aliphatic rings. The Balaban J connectivity index is 1.57. The second-order valence-corrected chi connectivity index (χ2v) is 13.1. The molecule has 230 valence electrons. The molecule has 41 heavy (non-hydrogen) atoms. The summed E-state index contributed by atoms with van der Waals surface area (Å²) in [5, 5.41) is 7.85. The Morgan fingerprint density at radius 1 is 1.05 bits per heavy atom. The third-order valence-corrected chi connectivity index (χ3v) is 8.82. The van der Waals surface area contributed by atoms with Crippen LogP contribution < -0.4 is 21.7 Å². The fourth-order valence-electron chi connectivity index (χ4n) is 6.59. The summed E-state index contributed by atoms with van der Waals surface area (Å²) in [5.74, 6) is -7.73. The molecule has 2 aliphatic carbocycles. The van der Waals surface area contributed by atoms with Crippen molar-refractivity contribution in [1.29, 1.82) is 0 Å². The number of halogens is 2. The number of carbonyl (C=O) groups excluding carboxylic acids is 5. The number of nitrogens with one attached hydrogen (secondary N) is 3. The summed E-state index contributed by atoms with van der Waals surface area (Å²) in [7, 11) is 0. The van der Waals surface area contributed by atoms with Crippen LogP contribution in [0, 0.1) is 17.8 Å². The van der Waals surface area contributed by atoms with E-state index >= 15 is 8.78 Å². The van der Waals surface area contributed by atoms with E-state index in [-0.39, 0.29) is 24.7 Å². The number of ether oxygens (including phenoxy) is 1. The number of carbonyl (C=O) groups is 5. The Labute approximate surface area is 239 Å². The lowest BCUT2D eigenvalue weighted by Gasteiger charge is -2.54. The zero-order chi connectivity index (χ0) is 30.1. The third kappa shape index (κ3) is 7.27. The number of primary amides is 1. The van der Waals surface area contributed by atoms with Gasteiger partial charge in [0.25, 0.3) is 5.92 Å². The van der Waals surface area contributed by atoms with Crippen molar-refractivity contribution in [3.05, 3.63) is 0 Å². The van der Waals surface area contributed by atoms with Crippen LogP contribution in [0.5, 0.6) is 0 Å². The highest BCUT2D eigenvalue weighted by atomic mass is 19.3. The summed E-state index contributed by atoms with van der Waals surface area (Å²) in [4.78, 5) is 66.2. The average molecular weight is 584 g/mol. The van der Waals surface area contributed by atoms with Crippen molar-refractivity contribution >= 4 is 29.7 Å². The molecule has 13 heteroatoms. The molecule has 6 atom stereocenters. The molecule has 5 rings (SSSR count). The summed E-state index contributed by atoms with van der Waals surface area (Å²) in [6.07, 6.45) is 3.12. The van der Waals surface area contributed by atoms with E-state index in [2.05, 4.69) is 16.0 Å². The molecular weight excluding hydrogens is 540 g/mol. The van der Waals surface area contributed by atoms with Crippen molar-refractivity contribution in [3.63, 3.8) is 0 Å². The Hall–Kier alpha value is -2.99. The van der Waals surface area contributed by atoms with E-state index in [1.807, 2.05) is 0 Å². The lowest BCUT2D eigenvalue weighted by atomic mass is 9.71. The van der Waals surface area contributed by atoms with Crippen molar-refractivity contribution in [1.82, 2.24) is 20.9 Å². The van der Waals surface area contributed by atoms with Gasteiger partial charge in [-0.05, 0) is 65.2 Å². The molecule has 11 nitrogen and oxygen atoms in total. The number of hydrogen-bond donors (Lipinski definition) is 4. The molecule has 0 spiro atoms. The van der Waals surface area contributed by atoms with Gasteiger partial charge in [0.05, 0.1) is 5.92 Å². The standard InChI is InChI=1S/C28H43F2N5O6/c1-27(2,3)41-26(40)34-20(12-15-6-4-7-15)25(39)35-17-9-10-18(28(29,30)14-17)21(35)24(38)33-19(22(31)36)13-16-8-5-11-32-23(16)37/h15-21H,4-14H2,1-3H3,(H2,31,36)(H,32,37)(H,33,38)(H,34,40)/t16-,17-,18-,19-,20-,21-/m0/s1. The Morgan fingerprint density at radius 3 is 2.32 bits per heavy atom. The molecule has 2 saturated carbocycles. The molecule has 3 heterocycles. The van der Waals surface area contributed by atoms with Crippen LogP contribution in [-0.2, 0) is 23.9 Å². The van der Waals surface area contributed by atoms with Gasteiger partial charge in [0.2, 0.25) is 23.6 Å². The molecule has 0 radical (unpaired) electrons. The summed E-state index contributed by atoms with van der Waals surface area (Å²) < 4.78 is 35.7. The maximum Gasteiger partial charge on any atom is 0.408 e. The van der Waals surface area contributed by atoms with E-state index in [1.165, 1.54) is 4.90 Å². The molecule has 3 aliphatic heterocycles. The molecule has 0 aromatic carbocycles. The molecule has 0 aromatic heterocycles. The highest BCUT2D eigenvalue weighted by Crippen LogP contribution is 2.49. The highest BCUT2D eigenvalue weighted by Gasteiger charge is 2.61. The van der Waals surface area contributed by atoms with Gasteiger partial charge in [-0.2, -0.15) is 0 Å². The molecule has 0 aromatic rings. The molecule has 5 N–H and O–H groups in total. The van der Waals surface area contributed by atoms with Crippen LogP contribution in [-0.4, -0.2) is 76.9 Å². The van der Waals surface area contributed by atoms with Gasteiger partial charge < -0.3 is 31.3 Å². The third-order valence-electron chi connectivity index (χ3n) is 8.82. The van der Waals surface area contributed by atoms with Crippen LogP contribution in [0.15, 0.2) is 0 Å². The predicted octanol–water partition coefficient (Wildman–Crippen LogP) is 1.97. The number of fused-ring (bicyclic) bond motifs is 3. The minimum absolute atomic E-state index is 0.0264. The van der Waals surface area contributed by atoms with E-state index in [0.717, 1.165) is 19.3 Å². The number of hydrogen-bond acceptors (Lipinski definition) is 6. The zero-order valence-electron chi connectivity index (χ0n) is 24.0. The van der Waals surface area contributed by atoms with Crippen molar-refractivity contribution in [3.8, 4) is 0 Å². The first-order chi connectivity index (χ1) is 19.2. The molecule has 5 fully saturated rings. The highest BCUT2D eigenvalue weighted by molar-refractivity contribution is 5.94. The first kappa shape index (κ1) is 31.0. The van der Waals surface area contributed by atoms with Gasteiger partial charge in [-0.15, -0.1) is 0 Å². The number of piperidine rings is 3. The van der Waals surface area contributed by atoms with Crippen molar-refractivity contribution in [2.45, 2.75) is 121 Å². The Kier molecular flexibility index (Phi) is 9.13. The smallest absolute Gasteiger partial charge is 0.408 e. The summed E-state index contributed by atoms with van der Waals surface area (Å²) in [6, 6.07) is -4.81. The fourth-order valence-corrected chi connectivity index (χ4v) is 6.59. The fraction of sp³-hybridized carbons (Fsp3) is 0.821. The number of nitrogens with zero attached hydrogens (tertiary/aromatic N) is 1. The average Bonchev–Trinajstić information content (AvgIpc) is 2.83. The zero-order valence-corrected chi connectivity index (χ0v) is 24.0. The second kappa shape index (κ2) is 12.1. The number of nitrogens with two attached hydrogens (primary N) is 1. The van der Waals surface area contributed by atoms with Crippen LogP contribution in [0.2, 0.25) is 0 Å². The summed E-state index contributed by atoms with van der Waals surface area (Å²) in [6.45, 7) is 5.58.